The van der Waals surface area contributed by atoms with Gasteiger partial charge in [-0.1, -0.05) is 36.4 Å². The van der Waals surface area contributed by atoms with Crippen LogP contribution in [0.3, 0.4) is 0 Å². The van der Waals surface area contributed by atoms with Crippen LogP contribution in [0.1, 0.15) is 22.3 Å². The van der Waals surface area contributed by atoms with Crippen LogP contribution in [0.5, 0.6) is 17.2 Å². The normalized spacial score (nSPS) is 26.7. The highest BCUT2D eigenvalue weighted by Gasteiger charge is 2.70. The number of phenolic OH excluding ortho intramolecular Hbond substituents is 1. The van der Waals surface area contributed by atoms with Crippen molar-refractivity contribution in [1.82, 2.24) is 10.2 Å². The van der Waals surface area contributed by atoms with Crippen LogP contribution in [0.25, 0.3) is 0 Å². The zero-order valence-electron chi connectivity index (χ0n) is 20.6. The summed E-state index contributed by atoms with van der Waals surface area (Å²) >= 11 is 0. The van der Waals surface area contributed by atoms with Crippen molar-refractivity contribution in [2.75, 3.05) is 12.1 Å². The standard InChI is InChI=1S/C29H25N3O6/c1-15-3-2-4-19-25(15)30-28(36)29(19)24-23(20(31-29)11-16-5-8-18(33)9-6-16)26(34)32(27(24)35)13-17-7-10-21-22(12-17)38-14-37-21/h2-10,12,20,23-24,31,33H,11,13-14H2,1H3,(H,30,36)/t20-,23+,24-,29-/m0/s1. The molecule has 0 aromatic heterocycles. The summed E-state index contributed by atoms with van der Waals surface area (Å²) in [6.07, 6.45) is 0.411. The predicted molar refractivity (Wildman–Crippen MR) is 135 cm³/mol. The molecule has 192 valence electrons. The van der Waals surface area contributed by atoms with Crippen molar-refractivity contribution in [3.63, 3.8) is 0 Å². The Morgan fingerprint density at radius 1 is 0.974 bits per heavy atom. The summed E-state index contributed by atoms with van der Waals surface area (Å²) in [7, 11) is 0. The third kappa shape index (κ3) is 3.11. The molecule has 3 N–H and O–H groups in total. The third-order valence-electron chi connectivity index (χ3n) is 8.22. The van der Waals surface area contributed by atoms with Gasteiger partial charge in [-0.15, -0.1) is 0 Å². The Kier molecular flexibility index (Phi) is 4.84. The molecule has 38 heavy (non-hydrogen) atoms. The van der Waals surface area contributed by atoms with Gasteiger partial charge < -0.3 is 19.9 Å². The van der Waals surface area contributed by atoms with E-state index in [0.29, 0.717) is 29.2 Å². The SMILES string of the molecule is Cc1cccc2c1NC(=O)[C@]21N[C@@H](Cc2ccc(O)cc2)[C@H]2C(=O)N(Cc3ccc4c(c3)OCO4)C(=O)[C@H]21. The van der Waals surface area contributed by atoms with Gasteiger partial charge in [0.2, 0.25) is 24.5 Å². The second-order valence-corrected chi connectivity index (χ2v) is 10.3. The number of carbonyl (C=O) groups is 3. The quantitative estimate of drug-likeness (QED) is 0.461. The Morgan fingerprint density at radius 3 is 2.55 bits per heavy atom. The molecule has 0 radical (unpaired) electrons. The summed E-state index contributed by atoms with van der Waals surface area (Å²) in [4.78, 5) is 43.0. The number of imide groups is 1. The lowest BCUT2D eigenvalue weighted by Gasteiger charge is -2.29. The molecule has 0 bridgehead atoms. The molecule has 2 fully saturated rings. The number of amides is 3. The number of aryl methyl sites for hydroxylation is 1. The van der Waals surface area contributed by atoms with Crippen molar-refractivity contribution < 1.29 is 29.0 Å². The van der Waals surface area contributed by atoms with E-state index in [-0.39, 0.29) is 36.8 Å². The molecule has 0 saturated carbocycles. The Labute approximate surface area is 218 Å². The zero-order chi connectivity index (χ0) is 26.2. The lowest BCUT2D eigenvalue weighted by atomic mass is 9.76. The lowest BCUT2D eigenvalue weighted by molar-refractivity contribution is -0.143. The summed E-state index contributed by atoms with van der Waals surface area (Å²) in [6, 6.07) is 17.3. The van der Waals surface area contributed by atoms with Crippen molar-refractivity contribution >= 4 is 23.4 Å². The van der Waals surface area contributed by atoms with Crippen LogP contribution in [-0.4, -0.2) is 40.6 Å². The van der Waals surface area contributed by atoms with E-state index < -0.39 is 23.4 Å². The first-order valence-electron chi connectivity index (χ1n) is 12.6. The summed E-state index contributed by atoms with van der Waals surface area (Å²) in [5.74, 6) is -1.29. The average Bonchev–Trinajstić information content (AvgIpc) is 3.63. The van der Waals surface area contributed by atoms with Crippen molar-refractivity contribution in [1.29, 1.82) is 0 Å². The molecule has 9 heteroatoms. The van der Waals surface area contributed by atoms with Crippen LogP contribution < -0.4 is 20.1 Å². The average molecular weight is 512 g/mol. The van der Waals surface area contributed by atoms with Gasteiger partial charge in [-0.25, -0.2) is 0 Å². The van der Waals surface area contributed by atoms with Crippen molar-refractivity contribution in [2.45, 2.75) is 31.5 Å². The smallest absolute Gasteiger partial charge is 0.250 e. The molecule has 0 aliphatic carbocycles. The molecule has 1 spiro atoms. The van der Waals surface area contributed by atoms with Crippen LogP contribution in [0.15, 0.2) is 60.7 Å². The first kappa shape index (κ1) is 22.8. The lowest BCUT2D eigenvalue weighted by Crippen LogP contribution is -2.53. The molecule has 4 heterocycles. The van der Waals surface area contributed by atoms with Gasteiger partial charge >= 0.3 is 0 Å². The highest BCUT2D eigenvalue weighted by atomic mass is 16.7. The van der Waals surface area contributed by atoms with Gasteiger partial charge in [-0.05, 0) is 54.3 Å². The number of ether oxygens (including phenoxy) is 2. The number of carbonyl (C=O) groups excluding carboxylic acids is 3. The van der Waals surface area contributed by atoms with Crippen LogP contribution in [-0.2, 0) is 32.9 Å². The maximum atomic E-state index is 14.1. The van der Waals surface area contributed by atoms with Crippen LogP contribution in [0.4, 0.5) is 5.69 Å². The molecule has 7 rings (SSSR count). The number of aromatic hydroxyl groups is 1. The minimum atomic E-state index is -1.36. The van der Waals surface area contributed by atoms with Gasteiger partial charge in [-0.3, -0.25) is 24.6 Å². The Balaban J connectivity index is 1.30. The maximum absolute atomic E-state index is 14.1. The molecule has 3 amide bonds. The van der Waals surface area contributed by atoms with Crippen LogP contribution in [0, 0.1) is 18.8 Å². The zero-order valence-corrected chi connectivity index (χ0v) is 20.6. The van der Waals surface area contributed by atoms with Gasteiger partial charge in [0.25, 0.3) is 0 Å². The Morgan fingerprint density at radius 2 is 1.74 bits per heavy atom. The molecule has 0 unspecified atom stereocenters. The van der Waals surface area contributed by atoms with Crippen molar-refractivity contribution in [2.24, 2.45) is 11.8 Å². The molecule has 3 aromatic rings. The monoisotopic (exact) mass is 511 g/mol. The molecule has 4 aliphatic rings. The van der Waals surface area contributed by atoms with E-state index in [9.17, 15) is 19.5 Å². The van der Waals surface area contributed by atoms with E-state index in [1.54, 1.807) is 36.4 Å². The van der Waals surface area contributed by atoms with E-state index in [2.05, 4.69) is 10.6 Å². The van der Waals surface area contributed by atoms with Crippen LogP contribution >= 0.6 is 0 Å². The summed E-state index contributed by atoms with van der Waals surface area (Å²) in [5, 5.41) is 16.2. The fraction of sp³-hybridized carbons (Fsp3) is 0.276. The third-order valence-corrected chi connectivity index (χ3v) is 8.22. The number of hydrogen-bond acceptors (Lipinski definition) is 7. The first-order chi connectivity index (χ1) is 18.4. The second-order valence-electron chi connectivity index (χ2n) is 10.3. The summed E-state index contributed by atoms with van der Waals surface area (Å²) < 4.78 is 10.9. The molecule has 9 nitrogen and oxygen atoms in total. The number of nitrogens with one attached hydrogen (secondary N) is 2. The topological polar surface area (TPSA) is 117 Å². The molecular weight excluding hydrogens is 486 g/mol. The van der Waals surface area contributed by atoms with Crippen molar-refractivity contribution in [3.05, 3.63) is 82.9 Å². The van der Waals surface area contributed by atoms with Gasteiger partial charge in [0.15, 0.2) is 11.5 Å². The highest BCUT2D eigenvalue weighted by Crippen LogP contribution is 2.54. The van der Waals surface area contributed by atoms with Crippen molar-refractivity contribution in [3.8, 4) is 17.2 Å². The number of likely N-dealkylation sites (tertiary alicyclic amines) is 1. The second kappa shape index (κ2) is 8.06. The van der Waals surface area contributed by atoms with Gasteiger partial charge in [0.1, 0.15) is 11.3 Å². The summed E-state index contributed by atoms with van der Waals surface area (Å²) in [5.41, 5.74) is 2.53. The van der Waals surface area contributed by atoms with E-state index in [1.807, 2.05) is 31.2 Å². The van der Waals surface area contributed by atoms with E-state index in [0.717, 1.165) is 16.7 Å². The van der Waals surface area contributed by atoms with Gasteiger partial charge in [-0.2, -0.15) is 0 Å². The highest BCUT2D eigenvalue weighted by molar-refractivity contribution is 6.15. The largest absolute Gasteiger partial charge is 0.508 e. The Hall–Kier alpha value is -4.37. The number of fused-ring (bicyclic) bond motifs is 5. The number of benzene rings is 3. The predicted octanol–water partition coefficient (Wildman–Crippen LogP) is 2.59. The maximum Gasteiger partial charge on any atom is 0.250 e. The fourth-order valence-electron chi connectivity index (χ4n) is 6.47. The minimum absolute atomic E-state index is 0.0750. The first-order valence-corrected chi connectivity index (χ1v) is 12.6. The van der Waals surface area contributed by atoms with E-state index in [1.165, 1.54) is 4.90 Å². The molecule has 3 aromatic carbocycles. The van der Waals surface area contributed by atoms with Gasteiger partial charge in [0, 0.05) is 17.3 Å². The number of phenols is 1. The fourth-order valence-corrected chi connectivity index (χ4v) is 6.47. The molecular formula is C29H25N3O6. The number of rotatable bonds is 4. The van der Waals surface area contributed by atoms with Gasteiger partial charge in [0.05, 0.1) is 18.4 Å². The number of anilines is 1. The molecule has 4 aliphatic heterocycles. The van der Waals surface area contributed by atoms with Crippen LogP contribution in [0.2, 0.25) is 0 Å². The minimum Gasteiger partial charge on any atom is -0.508 e. The molecule has 4 atom stereocenters. The van der Waals surface area contributed by atoms with E-state index in [4.69, 9.17) is 9.47 Å². The molecule has 2 saturated heterocycles. The number of hydrogen-bond donors (Lipinski definition) is 3. The summed E-state index contributed by atoms with van der Waals surface area (Å²) in [6.45, 7) is 2.11. The number of nitrogens with zero attached hydrogens (tertiary/aromatic N) is 1. The Bertz CT molecular complexity index is 1520. The van der Waals surface area contributed by atoms with E-state index >= 15 is 0 Å². The number of para-hydroxylation sites is 1.